The Labute approximate surface area is 113 Å². The SMILES string of the molecule is CC(C)CCCCCCNc1ncncc1Br. The van der Waals surface area contributed by atoms with Crippen LogP contribution in [0.3, 0.4) is 0 Å². The number of aromatic nitrogens is 2. The van der Waals surface area contributed by atoms with E-state index in [4.69, 9.17) is 0 Å². The highest BCUT2D eigenvalue weighted by molar-refractivity contribution is 9.10. The summed E-state index contributed by atoms with van der Waals surface area (Å²) in [5.41, 5.74) is 0. The van der Waals surface area contributed by atoms with Gasteiger partial charge in [-0.15, -0.1) is 0 Å². The second-order valence-electron chi connectivity index (χ2n) is 4.74. The van der Waals surface area contributed by atoms with E-state index in [-0.39, 0.29) is 0 Å². The van der Waals surface area contributed by atoms with E-state index in [0.717, 1.165) is 22.8 Å². The third kappa shape index (κ3) is 6.61. The molecule has 1 aromatic rings. The van der Waals surface area contributed by atoms with Gasteiger partial charge in [0.05, 0.1) is 4.47 Å². The van der Waals surface area contributed by atoms with Crippen LogP contribution in [-0.4, -0.2) is 16.5 Å². The zero-order valence-corrected chi connectivity index (χ0v) is 12.3. The molecule has 0 radical (unpaired) electrons. The van der Waals surface area contributed by atoms with Crippen LogP contribution in [-0.2, 0) is 0 Å². The summed E-state index contributed by atoms with van der Waals surface area (Å²) in [6.45, 7) is 5.56. The topological polar surface area (TPSA) is 37.8 Å². The monoisotopic (exact) mass is 299 g/mol. The molecule has 4 heteroatoms. The number of hydrogen-bond acceptors (Lipinski definition) is 3. The molecule has 0 aromatic carbocycles. The molecule has 3 nitrogen and oxygen atoms in total. The van der Waals surface area contributed by atoms with E-state index in [2.05, 4.69) is 45.1 Å². The lowest BCUT2D eigenvalue weighted by Crippen LogP contribution is -2.04. The maximum atomic E-state index is 4.17. The van der Waals surface area contributed by atoms with E-state index >= 15 is 0 Å². The zero-order chi connectivity index (χ0) is 12.5. The summed E-state index contributed by atoms with van der Waals surface area (Å²) in [5, 5.41) is 3.31. The van der Waals surface area contributed by atoms with E-state index in [1.807, 2.05) is 0 Å². The van der Waals surface area contributed by atoms with E-state index in [1.165, 1.54) is 32.1 Å². The second-order valence-corrected chi connectivity index (χ2v) is 5.60. The van der Waals surface area contributed by atoms with Crippen molar-refractivity contribution in [3.63, 3.8) is 0 Å². The number of anilines is 1. The highest BCUT2D eigenvalue weighted by Crippen LogP contribution is 2.17. The Morgan fingerprint density at radius 3 is 2.71 bits per heavy atom. The zero-order valence-electron chi connectivity index (χ0n) is 10.7. The van der Waals surface area contributed by atoms with Gasteiger partial charge in [0.25, 0.3) is 0 Å². The predicted molar refractivity (Wildman–Crippen MR) is 76.1 cm³/mol. The minimum absolute atomic E-state index is 0.838. The first-order chi connectivity index (χ1) is 8.20. The average Bonchev–Trinajstić information content (AvgIpc) is 2.30. The van der Waals surface area contributed by atoms with Gasteiger partial charge in [-0.2, -0.15) is 0 Å². The third-order valence-corrected chi connectivity index (χ3v) is 3.25. The summed E-state index contributed by atoms with van der Waals surface area (Å²) < 4.78 is 0.930. The minimum atomic E-state index is 0.838. The lowest BCUT2D eigenvalue weighted by atomic mass is 10.0. The lowest BCUT2D eigenvalue weighted by Gasteiger charge is -2.07. The number of unbranched alkanes of at least 4 members (excludes halogenated alkanes) is 3. The Hall–Kier alpha value is -0.640. The second kappa shape index (κ2) is 8.45. The summed E-state index contributed by atoms with van der Waals surface area (Å²) in [5.74, 6) is 1.73. The molecular weight excluding hydrogens is 278 g/mol. The molecule has 1 aromatic heterocycles. The van der Waals surface area contributed by atoms with Gasteiger partial charge in [0.2, 0.25) is 0 Å². The van der Waals surface area contributed by atoms with Gasteiger partial charge >= 0.3 is 0 Å². The van der Waals surface area contributed by atoms with Crippen LogP contribution in [0, 0.1) is 5.92 Å². The quantitative estimate of drug-likeness (QED) is 0.729. The first-order valence-corrected chi connectivity index (χ1v) is 7.19. The molecule has 1 rings (SSSR count). The van der Waals surface area contributed by atoms with Crippen LogP contribution < -0.4 is 5.32 Å². The Morgan fingerprint density at radius 2 is 2.00 bits per heavy atom. The molecule has 0 spiro atoms. The minimum Gasteiger partial charge on any atom is -0.369 e. The molecular formula is C13H22BrN3. The number of halogens is 1. The summed E-state index contributed by atoms with van der Waals surface area (Å²) in [6.07, 6.45) is 9.87. The highest BCUT2D eigenvalue weighted by atomic mass is 79.9. The fourth-order valence-corrected chi connectivity index (χ4v) is 2.04. The van der Waals surface area contributed by atoms with Crippen LogP contribution in [0.4, 0.5) is 5.82 Å². The van der Waals surface area contributed by atoms with E-state index in [9.17, 15) is 0 Å². The van der Waals surface area contributed by atoms with Crippen molar-refractivity contribution < 1.29 is 0 Å². The Kier molecular flexibility index (Phi) is 7.17. The van der Waals surface area contributed by atoms with Crippen molar-refractivity contribution >= 4 is 21.7 Å². The van der Waals surface area contributed by atoms with Gasteiger partial charge in [-0.25, -0.2) is 9.97 Å². The van der Waals surface area contributed by atoms with Crippen molar-refractivity contribution in [2.45, 2.75) is 46.0 Å². The first kappa shape index (κ1) is 14.4. The van der Waals surface area contributed by atoms with Gasteiger partial charge in [0.1, 0.15) is 12.1 Å². The van der Waals surface area contributed by atoms with Crippen LogP contribution in [0.15, 0.2) is 17.0 Å². The van der Waals surface area contributed by atoms with Gasteiger partial charge in [-0.1, -0.05) is 39.5 Å². The molecule has 17 heavy (non-hydrogen) atoms. The van der Waals surface area contributed by atoms with Gasteiger partial charge in [-0.05, 0) is 28.3 Å². The molecule has 1 N–H and O–H groups in total. The van der Waals surface area contributed by atoms with Crippen molar-refractivity contribution in [2.75, 3.05) is 11.9 Å². The van der Waals surface area contributed by atoms with Gasteiger partial charge < -0.3 is 5.32 Å². The molecule has 0 fully saturated rings. The molecule has 0 atom stereocenters. The van der Waals surface area contributed by atoms with Crippen molar-refractivity contribution in [1.82, 2.24) is 9.97 Å². The van der Waals surface area contributed by atoms with Crippen LogP contribution in [0.1, 0.15) is 46.0 Å². The fraction of sp³-hybridized carbons (Fsp3) is 0.692. The van der Waals surface area contributed by atoms with E-state index in [0.29, 0.717) is 0 Å². The summed E-state index contributed by atoms with van der Waals surface area (Å²) in [7, 11) is 0. The van der Waals surface area contributed by atoms with Gasteiger partial charge in [0, 0.05) is 12.7 Å². The molecule has 0 saturated heterocycles. The fourth-order valence-electron chi connectivity index (χ4n) is 1.68. The van der Waals surface area contributed by atoms with Crippen molar-refractivity contribution in [3.05, 3.63) is 17.0 Å². The smallest absolute Gasteiger partial charge is 0.143 e. The van der Waals surface area contributed by atoms with Crippen molar-refractivity contribution in [3.8, 4) is 0 Å². The van der Waals surface area contributed by atoms with Crippen LogP contribution in [0.2, 0.25) is 0 Å². The van der Waals surface area contributed by atoms with Crippen LogP contribution in [0.25, 0.3) is 0 Å². The molecule has 96 valence electrons. The standard InChI is InChI=1S/C13H22BrN3/c1-11(2)7-5-3-4-6-8-16-13-12(14)9-15-10-17-13/h9-11H,3-8H2,1-2H3,(H,15,16,17). The Balaban J connectivity index is 2.03. The number of rotatable bonds is 8. The molecule has 0 unspecified atom stereocenters. The average molecular weight is 300 g/mol. The molecule has 0 aliphatic rings. The van der Waals surface area contributed by atoms with Crippen molar-refractivity contribution in [2.24, 2.45) is 5.92 Å². The lowest BCUT2D eigenvalue weighted by molar-refractivity contribution is 0.523. The van der Waals surface area contributed by atoms with Crippen LogP contribution in [0.5, 0.6) is 0 Å². The third-order valence-electron chi connectivity index (χ3n) is 2.67. The highest BCUT2D eigenvalue weighted by Gasteiger charge is 1.99. The first-order valence-electron chi connectivity index (χ1n) is 6.39. The number of nitrogens with one attached hydrogen (secondary N) is 1. The Bertz CT molecular complexity index is 315. The van der Waals surface area contributed by atoms with E-state index < -0.39 is 0 Å². The maximum Gasteiger partial charge on any atom is 0.143 e. The number of hydrogen-bond donors (Lipinski definition) is 1. The predicted octanol–water partition coefficient (Wildman–Crippen LogP) is 4.26. The summed E-state index contributed by atoms with van der Waals surface area (Å²) >= 11 is 3.42. The van der Waals surface area contributed by atoms with Gasteiger partial charge in [0.15, 0.2) is 0 Å². The molecule has 0 aliphatic carbocycles. The molecule has 0 saturated carbocycles. The van der Waals surface area contributed by atoms with Crippen molar-refractivity contribution in [1.29, 1.82) is 0 Å². The molecule has 0 bridgehead atoms. The maximum absolute atomic E-state index is 4.17. The van der Waals surface area contributed by atoms with E-state index in [1.54, 1.807) is 12.5 Å². The Morgan fingerprint density at radius 1 is 1.24 bits per heavy atom. The molecule has 0 amide bonds. The van der Waals surface area contributed by atoms with Crippen LogP contribution >= 0.6 is 15.9 Å². The normalized spacial score (nSPS) is 10.8. The largest absolute Gasteiger partial charge is 0.369 e. The molecule has 1 heterocycles. The summed E-state index contributed by atoms with van der Waals surface area (Å²) in [6, 6.07) is 0. The van der Waals surface area contributed by atoms with Gasteiger partial charge in [-0.3, -0.25) is 0 Å². The number of nitrogens with zero attached hydrogens (tertiary/aromatic N) is 2. The molecule has 0 aliphatic heterocycles. The summed E-state index contributed by atoms with van der Waals surface area (Å²) in [4.78, 5) is 8.10.